The summed E-state index contributed by atoms with van der Waals surface area (Å²) in [4.78, 5) is 13.4. The molecular weight excluding hydrogens is 629 g/mol. The Bertz CT molecular complexity index is 2910. The van der Waals surface area contributed by atoms with Gasteiger partial charge in [0.1, 0.15) is 0 Å². The summed E-state index contributed by atoms with van der Waals surface area (Å²) in [5.74, 6) is 0.685. The number of fused-ring (bicyclic) bond motifs is 10. The van der Waals surface area contributed by atoms with Gasteiger partial charge in [-0.1, -0.05) is 115 Å². The van der Waals surface area contributed by atoms with E-state index in [2.05, 4.69) is 174 Å². The van der Waals surface area contributed by atoms with E-state index in [1.54, 1.807) is 11.3 Å². The van der Waals surface area contributed by atoms with Crippen LogP contribution >= 0.6 is 11.3 Å². The first-order valence-corrected chi connectivity index (χ1v) is 17.9. The highest BCUT2D eigenvalue weighted by Crippen LogP contribution is 2.53. The maximum atomic E-state index is 5.54. The van der Waals surface area contributed by atoms with Crippen molar-refractivity contribution >= 4 is 75.6 Å². The second-order valence-corrected chi connectivity index (χ2v) is 14.7. The van der Waals surface area contributed by atoms with Crippen LogP contribution in [0.15, 0.2) is 158 Å². The van der Waals surface area contributed by atoms with Gasteiger partial charge in [0, 0.05) is 43.2 Å². The van der Waals surface area contributed by atoms with E-state index in [1.807, 2.05) is 0 Å². The average molecular weight is 659 g/mol. The minimum absolute atomic E-state index is 0.145. The van der Waals surface area contributed by atoms with Crippen LogP contribution in [0.1, 0.15) is 12.5 Å². The van der Waals surface area contributed by atoms with Gasteiger partial charge in [0.2, 0.25) is 5.95 Å². The summed E-state index contributed by atoms with van der Waals surface area (Å²) in [7, 11) is 0. The highest BCUT2D eigenvalue weighted by Gasteiger charge is 2.46. The molecule has 236 valence electrons. The van der Waals surface area contributed by atoms with E-state index in [0.717, 1.165) is 37.9 Å². The minimum Gasteiger partial charge on any atom is -0.333 e. The third-order valence-electron chi connectivity index (χ3n) is 10.8. The maximum Gasteiger partial charge on any atom is 0.235 e. The molecule has 4 heterocycles. The van der Waals surface area contributed by atoms with Crippen LogP contribution in [0.2, 0.25) is 0 Å². The molecule has 0 spiro atoms. The van der Waals surface area contributed by atoms with Gasteiger partial charge in [0.25, 0.3) is 0 Å². The summed E-state index contributed by atoms with van der Waals surface area (Å²) >= 11 is 1.78. The fourth-order valence-corrected chi connectivity index (χ4v) is 9.60. The number of allylic oxidation sites excluding steroid dienone is 2. The van der Waals surface area contributed by atoms with Crippen LogP contribution in [0.3, 0.4) is 0 Å². The topological polar surface area (TPSA) is 34.0 Å². The summed E-state index contributed by atoms with van der Waals surface area (Å²) in [6, 6.07) is 48.4. The van der Waals surface area contributed by atoms with Crippen molar-refractivity contribution in [2.45, 2.75) is 18.4 Å². The standard InChI is InChI=1S/C45H30N4S/c1-45-24-12-11-21-40(45)48(31-15-3-2-4-16-31)38-27-30(22-23-35(38)45)41-43-42(33-18-8-10-20-39(33)50-43)47-44(46-41)49-36-19-9-7-17-32(36)34-25-28-13-5-6-14-29(28)26-37(34)49/h2-27,40H,1H3. The van der Waals surface area contributed by atoms with Crippen LogP contribution < -0.4 is 4.90 Å². The fourth-order valence-electron chi connectivity index (χ4n) is 8.44. The van der Waals surface area contributed by atoms with Crippen molar-refractivity contribution in [1.82, 2.24) is 14.5 Å². The van der Waals surface area contributed by atoms with Crippen LogP contribution in [0, 0.1) is 0 Å². The van der Waals surface area contributed by atoms with Crippen LogP contribution in [0.25, 0.3) is 70.1 Å². The van der Waals surface area contributed by atoms with Crippen molar-refractivity contribution in [3.8, 4) is 17.2 Å². The maximum absolute atomic E-state index is 5.54. The van der Waals surface area contributed by atoms with E-state index in [1.165, 1.54) is 43.2 Å². The summed E-state index contributed by atoms with van der Waals surface area (Å²) in [5, 5.41) is 5.98. The van der Waals surface area contributed by atoms with Crippen molar-refractivity contribution in [2.24, 2.45) is 0 Å². The Morgan fingerprint density at radius 2 is 1.42 bits per heavy atom. The minimum atomic E-state index is -0.145. The monoisotopic (exact) mass is 658 g/mol. The molecule has 2 atom stereocenters. The number of benzene rings is 6. The molecule has 2 unspecified atom stereocenters. The second-order valence-electron chi connectivity index (χ2n) is 13.6. The lowest BCUT2D eigenvalue weighted by Crippen LogP contribution is -2.39. The number of hydrogen-bond acceptors (Lipinski definition) is 4. The van der Waals surface area contributed by atoms with Gasteiger partial charge in [-0.15, -0.1) is 11.3 Å². The number of nitrogens with zero attached hydrogens (tertiary/aromatic N) is 4. The fraction of sp³-hybridized carbons (Fsp3) is 0.0667. The predicted molar refractivity (Wildman–Crippen MR) is 210 cm³/mol. The molecule has 0 amide bonds. The molecule has 6 aromatic carbocycles. The molecule has 0 radical (unpaired) electrons. The van der Waals surface area contributed by atoms with E-state index in [9.17, 15) is 0 Å². The van der Waals surface area contributed by atoms with E-state index in [-0.39, 0.29) is 11.5 Å². The third-order valence-corrected chi connectivity index (χ3v) is 12.0. The van der Waals surface area contributed by atoms with Gasteiger partial charge in [-0.2, -0.15) is 0 Å². The number of thiophene rings is 1. The zero-order valence-corrected chi connectivity index (χ0v) is 28.1. The summed E-state index contributed by atoms with van der Waals surface area (Å²) in [5.41, 5.74) is 8.83. The Labute approximate surface area is 292 Å². The lowest BCUT2D eigenvalue weighted by atomic mass is 9.76. The Morgan fingerprint density at radius 3 is 2.30 bits per heavy atom. The van der Waals surface area contributed by atoms with Gasteiger partial charge in [0.05, 0.1) is 33.0 Å². The van der Waals surface area contributed by atoms with Crippen molar-refractivity contribution in [3.63, 3.8) is 0 Å². The van der Waals surface area contributed by atoms with Crippen LogP contribution in [-0.4, -0.2) is 20.6 Å². The molecule has 0 bridgehead atoms. The summed E-state index contributed by atoms with van der Waals surface area (Å²) in [6.45, 7) is 2.36. The van der Waals surface area contributed by atoms with Crippen molar-refractivity contribution in [2.75, 3.05) is 4.90 Å². The quantitative estimate of drug-likeness (QED) is 0.189. The van der Waals surface area contributed by atoms with Gasteiger partial charge >= 0.3 is 0 Å². The molecule has 3 aromatic heterocycles. The van der Waals surface area contributed by atoms with Crippen LogP contribution in [0.4, 0.5) is 11.4 Å². The molecule has 4 nitrogen and oxygen atoms in total. The van der Waals surface area contributed by atoms with Gasteiger partial charge in [-0.3, -0.25) is 4.57 Å². The lowest BCUT2D eigenvalue weighted by Gasteiger charge is -2.34. The highest BCUT2D eigenvalue weighted by molar-refractivity contribution is 7.26. The third kappa shape index (κ3) is 3.81. The van der Waals surface area contributed by atoms with Gasteiger partial charge in [-0.05, 0) is 65.7 Å². The van der Waals surface area contributed by atoms with Crippen LogP contribution in [0.5, 0.6) is 0 Å². The van der Waals surface area contributed by atoms with Crippen molar-refractivity contribution < 1.29 is 0 Å². The first-order chi connectivity index (χ1) is 24.7. The van der Waals surface area contributed by atoms with Crippen molar-refractivity contribution in [1.29, 1.82) is 0 Å². The normalized spacial score (nSPS) is 18.2. The van der Waals surface area contributed by atoms with Crippen LogP contribution in [-0.2, 0) is 5.41 Å². The molecule has 1 aliphatic carbocycles. The molecule has 2 aliphatic rings. The molecule has 0 N–H and O–H groups in total. The molecule has 0 saturated heterocycles. The second kappa shape index (κ2) is 10.2. The van der Waals surface area contributed by atoms with Crippen molar-refractivity contribution in [3.05, 3.63) is 163 Å². The number of para-hydroxylation sites is 2. The Morgan fingerprint density at radius 1 is 0.660 bits per heavy atom. The largest absolute Gasteiger partial charge is 0.333 e. The summed E-state index contributed by atoms with van der Waals surface area (Å²) < 4.78 is 4.58. The first kappa shape index (κ1) is 27.9. The number of hydrogen-bond donors (Lipinski definition) is 0. The zero-order chi connectivity index (χ0) is 33.0. The van der Waals surface area contributed by atoms with Gasteiger partial charge in [-0.25, -0.2) is 9.97 Å². The molecule has 9 aromatic rings. The number of aromatic nitrogens is 3. The molecule has 0 saturated carbocycles. The Balaban J connectivity index is 1.21. The Hall–Kier alpha value is -6.04. The zero-order valence-electron chi connectivity index (χ0n) is 27.3. The average Bonchev–Trinajstić information content (AvgIpc) is 3.79. The molecule has 50 heavy (non-hydrogen) atoms. The first-order valence-electron chi connectivity index (χ1n) is 17.1. The lowest BCUT2D eigenvalue weighted by molar-refractivity contribution is 0.551. The van der Waals surface area contributed by atoms with Gasteiger partial charge in [0.15, 0.2) is 0 Å². The Kier molecular flexibility index (Phi) is 5.70. The molecule has 5 heteroatoms. The number of rotatable bonds is 3. The smallest absolute Gasteiger partial charge is 0.235 e. The molecule has 1 aliphatic heterocycles. The predicted octanol–water partition coefficient (Wildman–Crippen LogP) is 11.7. The van der Waals surface area contributed by atoms with E-state index in [4.69, 9.17) is 9.97 Å². The highest BCUT2D eigenvalue weighted by atomic mass is 32.1. The summed E-state index contributed by atoms with van der Waals surface area (Å²) in [6.07, 6.45) is 9.07. The molecule has 11 rings (SSSR count). The van der Waals surface area contributed by atoms with Gasteiger partial charge < -0.3 is 4.90 Å². The SMILES string of the molecule is CC12C=CC=CC1N(c1ccccc1)c1cc(-c3nc(-n4c5ccccc5c5cc6ccccc6cc54)nc4c3sc3ccccc34)ccc12. The number of anilines is 2. The molecule has 0 fully saturated rings. The van der Waals surface area contributed by atoms with E-state index < -0.39 is 0 Å². The van der Waals surface area contributed by atoms with E-state index >= 15 is 0 Å². The van der Waals surface area contributed by atoms with E-state index in [0.29, 0.717) is 5.95 Å². The molecular formula is C45H30N4S.